The Morgan fingerprint density at radius 3 is 2.12 bits per heavy atom. The Morgan fingerprint density at radius 2 is 1.58 bits per heavy atom. The van der Waals surface area contributed by atoms with E-state index in [1.165, 1.54) is 11.1 Å². The lowest BCUT2D eigenvalue weighted by atomic mass is 9.98. The zero-order valence-corrected chi connectivity index (χ0v) is 14.0. The normalized spacial score (nSPS) is 12.0. The summed E-state index contributed by atoms with van der Waals surface area (Å²) < 4.78 is 0. The number of benzene rings is 2. The van der Waals surface area contributed by atoms with Gasteiger partial charge in [-0.25, -0.2) is 5.48 Å². The number of unbranched alkanes of at least 4 members (excludes halogenated alkanes) is 1. The molecule has 0 saturated carbocycles. The van der Waals surface area contributed by atoms with Crippen LogP contribution in [0.1, 0.15) is 49.8 Å². The molecule has 3 N–H and O–H groups in total. The molecule has 1 amide bonds. The summed E-state index contributed by atoms with van der Waals surface area (Å²) in [6.07, 6.45) is 2.75. The number of aliphatic hydroxyl groups excluding tert-OH is 1. The smallest absolute Gasteiger partial charge is 0.243 e. The Labute approximate surface area is 143 Å². The quantitative estimate of drug-likeness (QED) is 0.390. The summed E-state index contributed by atoms with van der Waals surface area (Å²) in [5, 5.41) is 18.6. The van der Waals surface area contributed by atoms with Crippen LogP contribution in [0.3, 0.4) is 0 Å². The van der Waals surface area contributed by atoms with E-state index in [0.717, 1.165) is 24.0 Å². The topological polar surface area (TPSA) is 69.6 Å². The van der Waals surface area contributed by atoms with Crippen molar-refractivity contribution >= 4 is 5.91 Å². The van der Waals surface area contributed by atoms with Crippen LogP contribution in [0.5, 0.6) is 0 Å². The number of carbonyl (C=O) groups is 1. The summed E-state index contributed by atoms with van der Waals surface area (Å²) >= 11 is 0. The molecule has 0 radical (unpaired) electrons. The summed E-state index contributed by atoms with van der Waals surface area (Å²) in [4.78, 5) is 10.9. The highest BCUT2D eigenvalue weighted by Crippen LogP contribution is 2.25. The molecule has 4 heteroatoms. The zero-order valence-electron chi connectivity index (χ0n) is 14.0. The van der Waals surface area contributed by atoms with Gasteiger partial charge in [0.2, 0.25) is 5.91 Å². The number of hydroxylamine groups is 1. The molecule has 0 aliphatic carbocycles. The molecule has 0 bridgehead atoms. The lowest BCUT2D eigenvalue weighted by Gasteiger charge is -2.12. The van der Waals surface area contributed by atoms with Gasteiger partial charge < -0.3 is 5.11 Å². The number of hydrogen-bond donors (Lipinski definition) is 3. The molecule has 24 heavy (non-hydrogen) atoms. The van der Waals surface area contributed by atoms with Gasteiger partial charge in [-0.1, -0.05) is 61.9 Å². The van der Waals surface area contributed by atoms with Gasteiger partial charge in [0.25, 0.3) is 0 Å². The first-order valence-electron chi connectivity index (χ1n) is 8.44. The zero-order chi connectivity index (χ0) is 17.4. The largest absolute Gasteiger partial charge is 0.388 e. The number of carbonyl (C=O) groups excluding carboxylic acids is 1. The number of rotatable bonds is 8. The molecule has 4 nitrogen and oxygen atoms in total. The minimum absolute atomic E-state index is 0.274. The van der Waals surface area contributed by atoms with Crippen molar-refractivity contribution in [3.8, 4) is 11.1 Å². The second-order valence-corrected chi connectivity index (χ2v) is 5.97. The van der Waals surface area contributed by atoms with Crippen molar-refractivity contribution in [2.75, 3.05) is 0 Å². The second-order valence-electron chi connectivity index (χ2n) is 5.97. The van der Waals surface area contributed by atoms with E-state index in [4.69, 9.17) is 5.21 Å². The molecule has 0 aliphatic rings. The first-order valence-corrected chi connectivity index (χ1v) is 8.44. The van der Waals surface area contributed by atoms with Crippen LogP contribution in [0.4, 0.5) is 0 Å². The Kier molecular flexibility index (Phi) is 6.97. The van der Waals surface area contributed by atoms with Crippen molar-refractivity contribution in [2.45, 2.75) is 45.1 Å². The number of hydrogen-bond acceptors (Lipinski definition) is 3. The third-order valence-electron chi connectivity index (χ3n) is 4.25. The van der Waals surface area contributed by atoms with Crippen LogP contribution in [-0.2, 0) is 11.2 Å². The predicted molar refractivity (Wildman–Crippen MR) is 94.6 cm³/mol. The van der Waals surface area contributed by atoms with Crippen molar-refractivity contribution in [1.29, 1.82) is 0 Å². The Morgan fingerprint density at radius 1 is 1.00 bits per heavy atom. The molecule has 0 aliphatic heterocycles. The summed E-state index contributed by atoms with van der Waals surface area (Å²) in [7, 11) is 0. The number of nitrogens with one attached hydrogen (secondary N) is 1. The van der Waals surface area contributed by atoms with E-state index >= 15 is 0 Å². The minimum Gasteiger partial charge on any atom is -0.388 e. The van der Waals surface area contributed by atoms with Gasteiger partial charge in [-0.15, -0.1) is 0 Å². The average Bonchev–Trinajstić information content (AvgIpc) is 2.65. The molecule has 0 spiro atoms. The van der Waals surface area contributed by atoms with Crippen LogP contribution in [0.2, 0.25) is 0 Å². The summed E-state index contributed by atoms with van der Waals surface area (Å²) in [6, 6.07) is 16.5. The monoisotopic (exact) mass is 327 g/mol. The average molecular weight is 327 g/mol. The fourth-order valence-corrected chi connectivity index (χ4v) is 2.68. The van der Waals surface area contributed by atoms with Crippen molar-refractivity contribution in [2.24, 2.45) is 0 Å². The molecule has 0 heterocycles. The lowest BCUT2D eigenvalue weighted by molar-refractivity contribution is -0.129. The lowest BCUT2D eigenvalue weighted by Crippen LogP contribution is -2.17. The van der Waals surface area contributed by atoms with Crippen molar-refractivity contribution in [3.63, 3.8) is 0 Å². The maximum atomic E-state index is 10.9. The van der Waals surface area contributed by atoms with Gasteiger partial charge in [0, 0.05) is 6.42 Å². The SMILES string of the molecule is CCc1ccc(-c2ccc(C(O)CCCCC(=O)NO)cc2)cc1. The molecule has 2 rings (SSSR count). The van der Waals surface area contributed by atoms with Crippen molar-refractivity contribution < 1.29 is 15.1 Å². The van der Waals surface area contributed by atoms with Crippen molar-refractivity contribution in [1.82, 2.24) is 5.48 Å². The van der Waals surface area contributed by atoms with E-state index in [9.17, 15) is 9.90 Å². The fraction of sp³-hybridized carbons (Fsp3) is 0.350. The minimum atomic E-state index is -0.529. The molecule has 1 unspecified atom stereocenters. The maximum Gasteiger partial charge on any atom is 0.243 e. The molecule has 0 aromatic heterocycles. The van der Waals surface area contributed by atoms with E-state index in [0.29, 0.717) is 12.8 Å². The molecule has 128 valence electrons. The number of aryl methyl sites for hydroxylation is 1. The second kappa shape index (κ2) is 9.21. The molecule has 0 saturated heterocycles. The molecule has 2 aromatic rings. The van der Waals surface area contributed by atoms with Crippen molar-refractivity contribution in [3.05, 3.63) is 59.7 Å². The first-order chi connectivity index (χ1) is 11.6. The third-order valence-corrected chi connectivity index (χ3v) is 4.25. The molecule has 2 aromatic carbocycles. The third kappa shape index (κ3) is 5.18. The molecular weight excluding hydrogens is 302 g/mol. The van der Waals surface area contributed by atoms with Crippen LogP contribution in [0.25, 0.3) is 11.1 Å². The predicted octanol–water partition coefficient (Wildman–Crippen LogP) is 4.02. The summed E-state index contributed by atoms with van der Waals surface area (Å²) in [6.45, 7) is 2.14. The number of aliphatic hydroxyl groups is 1. The van der Waals surface area contributed by atoms with Crippen LogP contribution in [0, 0.1) is 0 Å². The summed E-state index contributed by atoms with van der Waals surface area (Å²) in [5.41, 5.74) is 6.12. The van der Waals surface area contributed by atoms with E-state index in [1.807, 2.05) is 24.3 Å². The fourth-order valence-electron chi connectivity index (χ4n) is 2.68. The van der Waals surface area contributed by atoms with Gasteiger partial charge in [0.05, 0.1) is 6.10 Å². The van der Waals surface area contributed by atoms with Crippen LogP contribution in [-0.4, -0.2) is 16.2 Å². The Bertz CT molecular complexity index is 635. The van der Waals surface area contributed by atoms with Gasteiger partial charge in [-0.05, 0) is 41.5 Å². The van der Waals surface area contributed by atoms with Gasteiger partial charge in [-0.2, -0.15) is 0 Å². The highest BCUT2D eigenvalue weighted by molar-refractivity contribution is 5.74. The standard InChI is InChI=1S/C20H25NO3/c1-2-15-7-9-16(10-8-15)17-11-13-18(14-12-17)19(22)5-3-4-6-20(23)21-24/h7-14,19,22,24H,2-6H2,1H3,(H,21,23). The van der Waals surface area contributed by atoms with Gasteiger partial charge >= 0.3 is 0 Å². The highest BCUT2D eigenvalue weighted by Gasteiger charge is 2.08. The first kappa shape index (κ1) is 18.2. The summed E-state index contributed by atoms with van der Waals surface area (Å²) in [5.74, 6) is -0.386. The molecular formula is C20H25NO3. The van der Waals surface area contributed by atoms with Crippen LogP contribution >= 0.6 is 0 Å². The van der Waals surface area contributed by atoms with E-state index in [2.05, 4.69) is 31.2 Å². The Balaban J connectivity index is 1.89. The highest BCUT2D eigenvalue weighted by atomic mass is 16.5. The van der Waals surface area contributed by atoms with Gasteiger partial charge in [-0.3, -0.25) is 10.0 Å². The molecule has 1 atom stereocenters. The van der Waals surface area contributed by atoms with Gasteiger partial charge in [0.1, 0.15) is 0 Å². The molecule has 0 fully saturated rings. The van der Waals surface area contributed by atoms with E-state index in [-0.39, 0.29) is 12.3 Å². The van der Waals surface area contributed by atoms with Crippen LogP contribution in [0.15, 0.2) is 48.5 Å². The maximum absolute atomic E-state index is 10.9. The van der Waals surface area contributed by atoms with E-state index in [1.54, 1.807) is 5.48 Å². The van der Waals surface area contributed by atoms with Crippen LogP contribution < -0.4 is 5.48 Å². The Hall–Kier alpha value is -2.17. The van der Waals surface area contributed by atoms with E-state index < -0.39 is 6.10 Å². The van der Waals surface area contributed by atoms with Gasteiger partial charge in [0.15, 0.2) is 0 Å². The number of amides is 1.